The van der Waals surface area contributed by atoms with Crippen LogP contribution in [0.5, 0.6) is 0 Å². The summed E-state index contributed by atoms with van der Waals surface area (Å²) in [6.45, 7) is 7.83. The summed E-state index contributed by atoms with van der Waals surface area (Å²) in [5, 5.41) is 2.71. The molecule has 0 radical (unpaired) electrons. The summed E-state index contributed by atoms with van der Waals surface area (Å²) in [6, 6.07) is -0.381. The molecular weight excluding hydrogens is 212 g/mol. The highest BCUT2D eigenvalue weighted by molar-refractivity contribution is 8.00. The molecular formula is C10H12N2O2S. The number of hydrogen-bond donors (Lipinski definition) is 1. The Labute approximate surface area is 92.4 Å². The Kier molecular flexibility index (Phi) is 2.56. The lowest BCUT2D eigenvalue weighted by Gasteiger charge is -2.49. The topological polar surface area (TPSA) is 49.4 Å². The normalized spacial score (nSPS) is 29.2. The Morgan fingerprint density at radius 3 is 3.07 bits per heavy atom. The lowest BCUT2D eigenvalue weighted by atomic mass is 10.1. The number of amides is 2. The molecule has 0 aromatic heterocycles. The average Bonchev–Trinajstić information content (AvgIpc) is 2.25. The van der Waals surface area contributed by atoms with Crippen LogP contribution in [0.2, 0.25) is 0 Å². The van der Waals surface area contributed by atoms with Gasteiger partial charge in [0, 0.05) is 12.3 Å². The van der Waals surface area contributed by atoms with E-state index in [1.54, 1.807) is 16.7 Å². The second kappa shape index (κ2) is 3.73. The lowest BCUT2D eigenvalue weighted by molar-refractivity contribution is -0.147. The van der Waals surface area contributed by atoms with Gasteiger partial charge in [-0.2, -0.15) is 0 Å². The fourth-order valence-corrected chi connectivity index (χ4v) is 2.95. The zero-order chi connectivity index (χ0) is 11.0. The Balaban J connectivity index is 2.00. The molecule has 2 atom stereocenters. The van der Waals surface area contributed by atoms with Gasteiger partial charge in [-0.05, 0) is 11.6 Å². The van der Waals surface area contributed by atoms with Crippen LogP contribution in [0.1, 0.15) is 0 Å². The van der Waals surface area contributed by atoms with Gasteiger partial charge in [-0.1, -0.05) is 13.2 Å². The van der Waals surface area contributed by atoms with Gasteiger partial charge in [0.15, 0.2) is 0 Å². The number of thioether (sulfide) groups is 1. The number of β-lactam (4-membered cyclic amide) rings is 1. The van der Waals surface area contributed by atoms with Crippen molar-refractivity contribution in [3.8, 4) is 0 Å². The van der Waals surface area contributed by atoms with Crippen molar-refractivity contribution in [2.45, 2.75) is 11.4 Å². The van der Waals surface area contributed by atoms with Gasteiger partial charge in [-0.3, -0.25) is 9.59 Å². The molecule has 0 aromatic rings. The standard InChI is InChI=1S/C10H12N2O2S/c1-3-7(13)11-8-9(14)12-4-6(2)5-15-10(8)12/h3,8,10H,1-2,4-5H2,(H,11,13)/t8?,10-/m0/s1. The minimum Gasteiger partial charge on any atom is -0.338 e. The second-order valence-corrected chi connectivity index (χ2v) is 4.71. The maximum Gasteiger partial charge on any atom is 0.249 e. The van der Waals surface area contributed by atoms with E-state index in [0.717, 1.165) is 11.3 Å². The first kappa shape index (κ1) is 10.3. The van der Waals surface area contributed by atoms with Crippen LogP contribution >= 0.6 is 11.8 Å². The number of nitrogens with one attached hydrogen (secondary N) is 1. The molecule has 0 bridgehead atoms. The summed E-state index contributed by atoms with van der Waals surface area (Å²) in [5.74, 6) is 0.538. The quantitative estimate of drug-likeness (QED) is 0.412. The molecule has 4 nitrogen and oxygen atoms in total. The Morgan fingerprint density at radius 2 is 2.40 bits per heavy atom. The van der Waals surface area contributed by atoms with Gasteiger partial charge in [0.25, 0.3) is 0 Å². The fraction of sp³-hybridized carbons (Fsp3) is 0.400. The molecule has 5 heteroatoms. The molecule has 2 saturated heterocycles. The molecule has 15 heavy (non-hydrogen) atoms. The van der Waals surface area contributed by atoms with E-state index < -0.39 is 0 Å². The van der Waals surface area contributed by atoms with Crippen molar-refractivity contribution in [2.24, 2.45) is 0 Å². The van der Waals surface area contributed by atoms with Gasteiger partial charge < -0.3 is 10.2 Å². The van der Waals surface area contributed by atoms with Gasteiger partial charge in [-0.25, -0.2) is 0 Å². The smallest absolute Gasteiger partial charge is 0.249 e. The largest absolute Gasteiger partial charge is 0.338 e. The Bertz CT molecular complexity index is 353. The first-order valence-electron chi connectivity index (χ1n) is 4.65. The lowest BCUT2D eigenvalue weighted by Crippen LogP contribution is -2.70. The van der Waals surface area contributed by atoms with Crippen LogP contribution in [-0.2, 0) is 9.59 Å². The molecule has 0 aromatic carbocycles. The van der Waals surface area contributed by atoms with Gasteiger partial charge in [0.2, 0.25) is 11.8 Å². The number of nitrogens with zero attached hydrogens (tertiary/aromatic N) is 1. The monoisotopic (exact) mass is 224 g/mol. The highest BCUT2D eigenvalue weighted by atomic mass is 32.2. The van der Waals surface area contributed by atoms with E-state index in [-0.39, 0.29) is 23.2 Å². The van der Waals surface area contributed by atoms with Gasteiger partial charge in [0.05, 0.1) is 0 Å². The van der Waals surface area contributed by atoms with Crippen molar-refractivity contribution < 1.29 is 9.59 Å². The van der Waals surface area contributed by atoms with Crippen LogP contribution in [0.15, 0.2) is 24.8 Å². The SMILES string of the molecule is C=CC(=O)NC1C(=O)N2CC(=C)CS[C@@H]12. The Morgan fingerprint density at radius 1 is 1.67 bits per heavy atom. The number of rotatable bonds is 2. The van der Waals surface area contributed by atoms with Crippen LogP contribution < -0.4 is 5.32 Å². The van der Waals surface area contributed by atoms with Crippen molar-refractivity contribution in [1.82, 2.24) is 10.2 Å². The van der Waals surface area contributed by atoms with Crippen LogP contribution in [0, 0.1) is 0 Å². The van der Waals surface area contributed by atoms with Crippen molar-refractivity contribution in [3.05, 3.63) is 24.8 Å². The maximum absolute atomic E-state index is 11.6. The molecule has 2 aliphatic rings. The third kappa shape index (κ3) is 1.67. The van der Waals surface area contributed by atoms with Gasteiger partial charge in [-0.15, -0.1) is 11.8 Å². The van der Waals surface area contributed by atoms with E-state index >= 15 is 0 Å². The van der Waals surface area contributed by atoms with E-state index in [0.29, 0.717) is 6.54 Å². The number of fused-ring (bicyclic) bond motifs is 1. The second-order valence-electron chi connectivity index (χ2n) is 3.61. The third-order valence-corrected chi connectivity index (χ3v) is 3.92. The number of carbonyl (C=O) groups excluding carboxylic acids is 2. The highest BCUT2D eigenvalue weighted by Crippen LogP contribution is 2.35. The van der Waals surface area contributed by atoms with Crippen molar-refractivity contribution in [1.29, 1.82) is 0 Å². The van der Waals surface area contributed by atoms with Gasteiger partial charge in [0.1, 0.15) is 11.4 Å². The summed E-state index contributed by atoms with van der Waals surface area (Å²) < 4.78 is 0. The maximum atomic E-state index is 11.6. The molecule has 2 fully saturated rings. The first-order chi connectivity index (χ1) is 7.13. The van der Waals surface area contributed by atoms with Crippen LogP contribution in [0.4, 0.5) is 0 Å². The molecule has 2 rings (SSSR count). The predicted octanol–water partition coefficient (Wildman–Crippen LogP) is 0.128. The molecule has 2 aliphatic heterocycles. The molecule has 1 N–H and O–H groups in total. The molecule has 0 spiro atoms. The average molecular weight is 224 g/mol. The van der Waals surface area contributed by atoms with E-state index in [4.69, 9.17) is 0 Å². The zero-order valence-corrected chi connectivity index (χ0v) is 9.05. The summed E-state index contributed by atoms with van der Waals surface area (Å²) in [4.78, 5) is 24.4. The summed E-state index contributed by atoms with van der Waals surface area (Å²) in [6.07, 6.45) is 1.18. The van der Waals surface area contributed by atoms with Gasteiger partial charge >= 0.3 is 0 Å². The fourth-order valence-electron chi connectivity index (χ4n) is 1.71. The van der Waals surface area contributed by atoms with Crippen molar-refractivity contribution in [3.63, 3.8) is 0 Å². The molecule has 2 amide bonds. The molecule has 80 valence electrons. The van der Waals surface area contributed by atoms with E-state index in [1.165, 1.54) is 6.08 Å². The molecule has 0 saturated carbocycles. The number of hydrogen-bond acceptors (Lipinski definition) is 3. The summed E-state index contributed by atoms with van der Waals surface area (Å²) in [5.41, 5.74) is 1.05. The van der Waals surface area contributed by atoms with E-state index in [1.807, 2.05) is 0 Å². The Hall–Kier alpha value is -1.23. The first-order valence-corrected chi connectivity index (χ1v) is 5.70. The van der Waals surface area contributed by atoms with E-state index in [9.17, 15) is 9.59 Å². The summed E-state index contributed by atoms with van der Waals surface area (Å²) in [7, 11) is 0. The minimum absolute atomic E-state index is 0.0245. The summed E-state index contributed by atoms with van der Waals surface area (Å²) >= 11 is 1.64. The highest BCUT2D eigenvalue weighted by Gasteiger charge is 2.49. The molecule has 0 aliphatic carbocycles. The number of carbonyl (C=O) groups is 2. The minimum atomic E-state index is -0.381. The predicted molar refractivity (Wildman–Crippen MR) is 59.2 cm³/mol. The van der Waals surface area contributed by atoms with Crippen molar-refractivity contribution >= 4 is 23.6 Å². The zero-order valence-electron chi connectivity index (χ0n) is 8.23. The third-order valence-electron chi connectivity index (χ3n) is 2.48. The van der Waals surface area contributed by atoms with Crippen LogP contribution in [0.3, 0.4) is 0 Å². The van der Waals surface area contributed by atoms with E-state index in [2.05, 4.69) is 18.5 Å². The van der Waals surface area contributed by atoms with Crippen molar-refractivity contribution in [2.75, 3.05) is 12.3 Å². The molecule has 2 heterocycles. The van der Waals surface area contributed by atoms with Crippen LogP contribution in [0.25, 0.3) is 0 Å². The molecule has 1 unspecified atom stereocenters. The van der Waals surface area contributed by atoms with Crippen LogP contribution in [-0.4, -0.2) is 40.4 Å².